The van der Waals surface area contributed by atoms with Crippen LogP contribution in [0, 0.1) is 0 Å². The molecule has 0 aliphatic heterocycles. The maximum absolute atomic E-state index is 10.4. The molecule has 0 radical (unpaired) electrons. The highest BCUT2D eigenvalue weighted by Gasteiger charge is 2.06. The number of carboxylic acid groups (broad SMARTS) is 1. The van der Waals surface area contributed by atoms with Gasteiger partial charge in [-0.15, -0.1) is 0 Å². The Kier molecular flexibility index (Phi) is 5.95. The zero-order chi connectivity index (χ0) is 15.2. The van der Waals surface area contributed by atoms with Gasteiger partial charge in [0.05, 0.1) is 5.02 Å². The van der Waals surface area contributed by atoms with Crippen molar-refractivity contribution in [2.75, 3.05) is 0 Å². The molecule has 0 saturated carbocycles. The summed E-state index contributed by atoms with van der Waals surface area (Å²) in [5.74, 6) is -0.705. The molecule has 2 aromatic rings. The van der Waals surface area contributed by atoms with Gasteiger partial charge in [-0.1, -0.05) is 42.5 Å². The summed E-state index contributed by atoms with van der Waals surface area (Å²) < 4.78 is 0. The number of rotatable bonds is 8. The fourth-order valence-corrected chi connectivity index (χ4v) is 3.02. The van der Waals surface area contributed by atoms with Gasteiger partial charge in [0.25, 0.3) is 0 Å². The lowest BCUT2D eigenvalue weighted by atomic mass is 10.1. The van der Waals surface area contributed by atoms with Gasteiger partial charge < -0.3 is 10.1 Å². The first-order valence-electron chi connectivity index (χ1n) is 7.24. The lowest BCUT2D eigenvalue weighted by Gasteiger charge is -1.99. The minimum atomic E-state index is -0.705. The van der Waals surface area contributed by atoms with Gasteiger partial charge in [0.1, 0.15) is 0 Å². The molecule has 0 aliphatic rings. The number of aromatic nitrogens is 1. The van der Waals surface area contributed by atoms with Crippen molar-refractivity contribution in [1.82, 2.24) is 4.98 Å². The van der Waals surface area contributed by atoms with E-state index < -0.39 is 5.97 Å². The fraction of sp³-hybridized carbons (Fsp3) is 0.438. The van der Waals surface area contributed by atoms with Crippen LogP contribution in [-0.4, -0.2) is 16.1 Å². The highest BCUT2D eigenvalue weighted by Crippen LogP contribution is 2.28. The van der Waals surface area contributed by atoms with E-state index in [9.17, 15) is 4.79 Å². The van der Waals surface area contributed by atoms with Crippen LogP contribution in [0.15, 0.2) is 18.2 Å². The Balaban J connectivity index is 1.76. The van der Waals surface area contributed by atoms with Gasteiger partial charge in [-0.3, -0.25) is 4.79 Å². The largest absolute Gasteiger partial charge is 0.481 e. The number of carboxylic acids is 1. The number of nitrogens with one attached hydrogen (secondary N) is 1. The number of aromatic amines is 1. The van der Waals surface area contributed by atoms with Crippen molar-refractivity contribution in [3.8, 4) is 0 Å². The number of carbonyl (C=O) groups is 1. The van der Waals surface area contributed by atoms with Gasteiger partial charge in [0.2, 0.25) is 0 Å². The second-order valence-electron chi connectivity index (χ2n) is 5.30. The highest BCUT2D eigenvalue weighted by molar-refractivity contribution is 6.38. The van der Waals surface area contributed by atoms with Gasteiger partial charge in [-0.05, 0) is 37.5 Å². The van der Waals surface area contributed by atoms with Crippen LogP contribution in [0.1, 0.15) is 44.2 Å². The molecule has 2 N–H and O–H groups in total. The quantitative estimate of drug-likeness (QED) is 0.634. The Morgan fingerprint density at radius 2 is 1.76 bits per heavy atom. The molecule has 0 unspecified atom stereocenters. The lowest BCUT2D eigenvalue weighted by Crippen LogP contribution is -1.93. The standard InChI is InChI=1S/C16H19Cl2NO2/c17-11-8-14(18)13-10-12(19-15(13)9-11)6-4-2-1-3-5-7-16(20)21/h8-10,19H,1-7H2,(H,20,21). The summed E-state index contributed by atoms with van der Waals surface area (Å²) in [7, 11) is 0. The minimum absolute atomic E-state index is 0.279. The van der Waals surface area contributed by atoms with E-state index in [1.807, 2.05) is 6.07 Å². The van der Waals surface area contributed by atoms with Gasteiger partial charge in [-0.2, -0.15) is 0 Å². The number of fused-ring (bicyclic) bond motifs is 1. The van der Waals surface area contributed by atoms with Gasteiger partial charge >= 0.3 is 5.97 Å². The Bertz CT molecular complexity index is 622. The summed E-state index contributed by atoms with van der Waals surface area (Å²) >= 11 is 12.2. The van der Waals surface area contributed by atoms with Crippen LogP contribution in [0.3, 0.4) is 0 Å². The molecule has 0 saturated heterocycles. The van der Waals surface area contributed by atoms with E-state index >= 15 is 0 Å². The number of unbranched alkanes of at least 4 members (excludes halogenated alkanes) is 4. The number of H-pyrrole nitrogens is 1. The number of aryl methyl sites for hydroxylation is 1. The zero-order valence-electron chi connectivity index (χ0n) is 11.8. The van der Waals surface area contributed by atoms with Crippen LogP contribution in [0.4, 0.5) is 0 Å². The predicted octanol–water partition coefficient (Wildman–Crippen LogP) is 5.44. The molecule has 0 fully saturated rings. The summed E-state index contributed by atoms with van der Waals surface area (Å²) in [4.78, 5) is 13.7. The Morgan fingerprint density at radius 3 is 2.52 bits per heavy atom. The third kappa shape index (κ3) is 4.94. The molecule has 0 aliphatic carbocycles. The Labute approximate surface area is 134 Å². The van der Waals surface area contributed by atoms with Crippen molar-refractivity contribution < 1.29 is 9.90 Å². The predicted molar refractivity (Wildman–Crippen MR) is 87.4 cm³/mol. The number of benzene rings is 1. The molecule has 0 spiro atoms. The van der Waals surface area contributed by atoms with Gasteiger partial charge in [0.15, 0.2) is 0 Å². The van der Waals surface area contributed by atoms with E-state index in [1.54, 1.807) is 6.07 Å². The van der Waals surface area contributed by atoms with Crippen molar-refractivity contribution in [1.29, 1.82) is 0 Å². The van der Waals surface area contributed by atoms with Crippen molar-refractivity contribution in [3.63, 3.8) is 0 Å². The molecule has 21 heavy (non-hydrogen) atoms. The first-order chi connectivity index (χ1) is 10.1. The van der Waals surface area contributed by atoms with Crippen LogP contribution < -0.4 is 0 Å². The molecule has 0 bridgehead atoms. The highest BCUT2D eigenvalue weighted by atomic mass is 35.5. The smallest absolute Gasteiger partial charge is 0.303 e. The van der Waals surface area contributed by atoms with Crippen molar-refractivity contribution in [2.24, 2.45) is 0 Å². The molecule has 3 nitrogen and oxygen atoms in total. The summed E-state index contributed by atoms with van der Waals surface area (Å²) in [5.41, 5.74) is 2.14. The van der Waals surface area contributed by atoms with E-state index in [1.165, 1.54) is 5.69 Å². The van der Waals surface area contributed by atoms with E-state index in [4.69, 9.17) is 28.3 Å². The van der Waals surface area contributed by atoms with Gasteiger partial charge in [-0.25, -0.2) is 0 Å². The Morgan fingerprint density at radius 1 is 1.05 bits per heavy atom. The maximum Gasteiger partial charge on any atom is 0.303 e. The molecule has 5 heteroatoms. The molecular weight excluding hydrogens is 309 g/mol. The second kappa shape index (κ2) is 7.71. The first kappa shape index (κ1) is 16.2. The zero-order valence-corrected chi connectivity index (χ0v) is 13.3. The monoisotopic (exact) mass is 327 g/mol. The van der Waals surface area contributed by atoms with E-state index in [0.29, 0.717) is 10.0 Å². The molecular formula is C16H19Cl2NO2. The Hall–Kier alpha value is -1.19. The van der Waals surface area contributed by atoms with Crippen molar-refractivity contribution >= 4 is 40.1 Å². The molecule has 114 valence electrons. The van der Waals surface area contributed by atoms with Crippen LogP contribution in [0.25, 0.3) is 10.9 Å². The van der Waals surface area contributed by atoms with E-state index in [-0.39, 0.29) is 6.42 Å². The van der Waals surface area contributed by atoms with Gasteiger partial charge in [0, 0.05) is 28.0 Å². The summed E-state index contributed by atoms with van der Waals surface area (Å²) in [6, 6.07) is 5.72. The van der Waals surface area contributed by atoms with Crippen LogP contribution >= 0.6 is 23.2 Å². The molecule has 2 rings (SSSR count). The van der Waals surface area contributed by atoms with Crippen LogP contribution in [-0.2, 0) is 11.2 Å². The summed E-state index contributed by atoms with van der Waals surface area (Å²) in [6.07, 6.45) is 6.30. The number of aliphatic carboxylic acids is 1. The second-order valence-corrected chi connectivity index (χ2v) is 6.15. The molecule has 1 heterocycles. The number of halogens is 2. The fourth-order valence-electron chi connectivity index (χ4n) is 2.47. The summed E-state index contributed by atoms with van der Waals surface area (Å²) in [6.45, 7) is 0. The number of hydrogen-bond acceptors (Lipinski definition) is 1. The topological polar surface area (TPSA) is 53.1 Å². The molecule has 0 atom stereocenters. The van der Waals surface area contributed by atoms with Crippen molar-refractivity contribution in [2.45, 2.75) is 44.9 Å². The average Bonchev–Trinajstić information content (AvgIpc) is 2.80. The van der Waals surface area contributed by atoms with Crippen LogP contribution in [0.5, 0.6) is 0 Å². The normalized spacial score (nSPS) is 11.1. The maximum atomic E-state index is 10.4. The molecule has 1 aromatic heterocycles. The van der Waals surface area contributed by atoms with E-state index in [2.05, 4.69) is 11.1 Å². The number of hydrogen-bond donors (Lipinski definition) is 2. The third-order valence-electron chi connectivity index (χ3n) is 3.54. The third-order valence-corrected chi connectivity index (χ3v) is 4.08. The average molecular weight is 328 g/mol. The molecule has 0 amide bonds. The first-order valence-corrected chi connectivity index (χ1v) is 8.00. The lowest BCUT2D eigenvalue weighted by molar-refractivity contribution is -0.137. The minimum Gasteiger partial charge on any atom is -0.481 e. The molecule has 1 aromatic carbocycles. The van der Waals surface area contributed by atoms with Crippen molar-refractivity contribution in [3.05, 3.63) is 33.9 Å². The summed E-state index contributed by atoms with van der Waals surface area (Å²) in [5, 5.41) is 10.9. The van der Waals surface area contributed by atoms with E-state index in [0.717, 1.165) is 49.4 Å². The van der Waals surface area contributed by atoms with Crippen LogP contribution in [0.2, 0.25) is 10.0 Å². The SMILES string of the molecule is O=C(O)CCCCCCCc1cc2c(Cl)cc(Cl)cc2[nH]1.